The first-order chi connectivity index (χ1) is 11.7. The van der Waals surface area contributed by atoms with Crippen molar-refractivity contribution in [3.63, 3.8) is 0 Å². The zero-order chi connectivity index (χ0) is 19.3. The van der Waals surface area contributed by atoms with Crippen molar-refractivity contribution in [2.75, 3.05) is 40.5 Å². The fraction of sp³-hybridized carbons (Fsp3) is 0.750. The molecular formula is C16H32BF4N4-. The van der Waals surface area contributed by atoms with Gasteiger partial charge in [0.25, 0.3) is 0 Å². The predicted molar refractivity (Wildman–Crippen MR) is 97.0 cm³/mol. The third-order valence-electron chi connectivity index (χ3n) is 3.47. The van der Waals surface area contributed by atoms with E-state index in [4.69, 9.17) is 0 Å². The molecule has 0 fully saturated rings. The SMILES string of the molecule is CCCCN1C=CN(C)C1.CCCCN1C=CN(C)C1.F[B-](F)(F)F. The molecule has 0 aromatic carbocycles. The molecule has 0 atom stereocenters. The minimum absolute atomic E-state index is 1.07. The molecule has 0 spiro atoms. The zero-order valence-corrected chi connectivity index (χ0v) is 15.8. The Morgan fingerprint density at radius 1 is 0.720 bits per heavy atom. The van der Waals surface area contributed by atoms with Gasteiger partial charge in [0.05, 0.1) is 13.3 Å². The molecule has 2 aliphatic rings. The van der Waals surface area contributed by atoms with Crippen LogP contribution in [0.5, 0.6) is 0 Å². The molecule has 0 saturated carbocycles. The van der Waals surface area contributed by atoms with E-state index in [9.17, 15) is 17.3 Å². The molecule has 148 valence electrons. The third-order valence-corrected chi connectivity index (χ3v) is 3.47. The number of rotatable bonds is 6. The van der Waals surface area contributed by atoms with Crippen LogP contribution in [-0.4, -0.2) is 67.4 Å². The first-order valence-corrected chi connectivity index (χ1v) is 8.78. The molecule has 2 aliphatic heterocycles. The maximum absolute atomic E-state index is 9.75. The molecule has 9 heteroatoms. The summed E-state index contributed by atoms with van der Waals surface area (Å²) in [6, 6.07) is 0. The molecular weight excluding hydrogens is 335 g/mol. The number of unbranched alkanes of at least 4 members (excludes halogenated alkanes) is 2. The molecule has 0 aromatic rings. The number of halogens is 4. The van der Waals surface area contributed by atoms with Crippen molar-refractivity contribution in [1.29, 1.82) is 0 Å². The lowest BCUT2D eigenvalue weighted by Gasteiger charge is -2.17. The van der Waals surface area contributed by atoms with E-state index in [1.807, 2.05) is 0 Å². The average molecular weight is 367 g/mol. The van der Waals surface area contributed by atoms with E-state index in [1.54, 1.807) is 0 Å². The van der Waals surface area contributed by atoms with E-state index >= 15 is 0 Å². The van der Waals surface area contributed by atoms with Gasteiger partial charge in [-0.05, 0) is 12.8 Å². The fourth-order valence-corrected chi connectivity index (χ4v) is 2.19. The van der Waals surface area contributed by atoms with E-state index in [0.717, 1.165) is 13.3 Å². The summed E-state index contributed by atoms with van der Waals surface area (Å²) in [4.78, 5) is 9.05. The van der Waals surface area contributed by atoms with Crippen LogP contribution in [0, 0.1) is 0 Å². The Hall–Kier alpha value is -1.54. The monoisotopic (exact) mass is 367 g/mol. The van der Waals surface area contributed by atoms with Crippen molar-refractivity contribution >= 4 is 7.25 Å². The Morgan fingerprint density at radius 2 is 1.04 bits per heavy atom. The Kier molecular flexibility index (Phi) is 12.0. The molecule has 4 nitrogen and oxygen atoms in total. The van der Waals surface area contributed by atoms with Gasteiger partial charge in [0.15, 0.2) is 0 Å². The molecule has 0 N–H and O–H groups in total. The van der Waals surface area contributed by atoms with Gasteiger partial charge in [-0.15, -0.1) is 0 Å². The van der Waals surface area contributed by atoms with Crippen LogP contribution in [0.15, 0.2) is 24.8 Å². The van der Waals surface area contributed by atoms with Crippen molar-refractivity contribution in [2.45, 2.75) is 39.5 Å². The molecule has 0 amide bonds. The second-order valence-corrected chi connectivity index (χ2v) is 6.22. The normalized spacial score (nSPS) is 16.0. The van der Waals surface area contributed by atoms with Crippen LogP contribution in [0.2, 0.25) is 0 Å². The van der Waals surface area contributed by atoms with E-state index in [2.05, 4.69) is 72.3 Å². The second kappa shape index (κ2) is 12.8. The molecule has 0 aromatic heterocycles. The van der Waals surface area contributed by atoms with Gasteiger partial charge in [-0.1, -0.05) is 26.7 Å². The Balaban J connectivity index is 0.000000368. The summed E-state index contributed by atoms with van der Waals surface area (Å²) in [6.07, 6.45) is 13.7. The molecule has 0 bridgehead atoms. The van der Waals surface area contributed by atoms with Crippen LogP contribution in [0.25, 0.3) is 0 Å². The van der Waals surface area contributed by atoms with Gasteiger partial charge in [0, 0.05) is 52.0 Å². The van der Waals surface area contributed by atoms with Crippen LogP contribution < -0.4 is 0 Å². The van der Waals surface area contributed by atoms with Crippen molar-refractivity contribution in [3.05, 3.63) is 24.8 Å². The fourth-order valence-electron chi connectivity index (χ4n) is 2.19. The first-order valence-electron chi connectivity index (χ1n) is 8.78. The summed E-state index contributed by atoms with van der Waals surface area (Å²) in [7, 11) is -1.80. The number of nitrogens with zero attached hydrogens (tertiary/aromatic N) is 4. The molecule has 0 saturated heterocycles. The highest BCUT2D eigenvalue weighted by Crippen LogP contribution is 2.07. The second-order valence-electron chi connectivity index (χ2n) is 6.22. The van der Waals surface area contributed by atoms with Crippen LogP contribution in [0.3, 0.4) is 0 Å². The van der Waals surface area contributed by atoms with Crippen molar-refractivity contribution in [2.24, 2.45) is 0 Å². The topological polar surface area (TPSA) is 13.0 Å². The molecule has 0 unspecified atom stereocenters. The summed E-state index contributed by atoms with van der Waals surface area (Å²) in [5.41, 5.74) is 0. The minimum Gasteiger partial charge on any atom is -0.418 e. The standard InChI is InChI=1S/2C8H16N2.BF4/c2*1-3-4-5-10-7-6-9(2)8-10;2-1(3,4)5/h2*6-7H,3-5,8H2,1-2H3;/q;;-1. The maximum Gasteiger partial charge on any atom is 0.673 e. The van der Waals surface area contributed by atoms with E-state index in [0.29, 0.717) is 0 Å². The molecule has 0 aliphatic carbocycles. The van der Waals surface area contributed by atoms with Crippen molar-refractivity contribution in [1.82, 2.24) is 19.6 Å². The van der Waals surface area contributed by atoms with E-state index in [1.165, 1.54) is 38.8 Å². The average Bonchev–Trinajstić information content (AvgIpc) is 3.10. The van der Waals surface area contributed by atoms with Crippen LogP contribution >= 0.6 is 0 Å². The molecule has 2 heterocycles. The lowest BCUT2D eigenvalue weighted by Crippen LogP contribution is -2.23. The van der Waals surface area contributed by atoms with Gasteiger partial charge in [0.2, 0.25) is 0 Å². The van der Waals surface area contributed by atoms with Crippen LogP contribution in [-0.2, 0) is 0 Å². The smallest absolute Gasteiger partial charge is 0.418 e. The lowest BCUT2D eigenvalue weighted by atomic mass is 10.3. The van der Waals surface area contributed by atoms with Gasteiger partial charge in [-0.2, -0.15) is 0 Å². The van der Waals surface area contributed by atoms with Crippen molar-refractivity contribution < 1.29 is 17.3 Å². The quantitative estimate of drug-likeness (QED) is 0.515. The van der Waals surface area contributed by atoms with Crippen LogP contribution in [0.1, 0.15) is 39.5 Å². The van der Waals surface area contributed by atoms with E-state index in [-0.39, 0.29) is 0 Å². The van der Waals surface area contributed by atoms with Crippen molar-refractivity contribution in [3.8, 4) is 0 Å². The summed E-state index contributed by atoms with van der Waals surface area (Å²) >= 11 is 0. The summed E-state index contributed by atoms with van der Waals surface area (Å²) in [6.45, 7) is 9.00. The summed E-state index contributed by atoms with van der Waals surface area (Å²) in [5, 5.41) is 0. The summed E-state index contributed by atoms with van der Waals surface area (Å²) < 4.78 is 39.0. The van der Waals surface area contributed by atoms with Gasteiger partial charge in [-0.3, -0.25) is 0 Å². The Morgan fingerprint density at radius 3 is 1.24 bits per heavy atom. The minimum atomic E-state index is -6.00. The molecule has 25 heavy (non-hydrogen) atoms. The highest BCUT2D eigenvalue weighted by molar-refractivity contribution is 6.50. The Labute approximate surface area is 149 Å². The highest BCUT2D eigenvalue weighted by Gasteiger charge is 2.20. The maximum atomic E-state index is 9.75. The summed E-state index contributed by atoms with van der Waals surface area (Å²) in [5.74, 6) is 0. The van der Waals surface area contributed by atoms with Gasteiger partial charge < -0.3 is 36.9 Å². The van der Waals surface area contributed by atoms with Gasteiger partial charge in [0.1, 0.15) is 0 Å². The lowest BCUT2D eigenvalue weighted by molar-refractivity contribution is 0.293. The third kappa shape index (κ3) is 15.7. The van der Waals surface area contributed by atoms with Crippen LogP contribution in [0.4, 0.5) is 17.3 Å². The molecule has 2 rings (SSSR count). The number of hydrogen-bond acceptors (Lipinski definition) is 4. The first kappa shape index (κ1) is 23.5. The Bertz CT molecular complexity index is 355. The van der Waals surface area contributed by atoms with Gasteiger partial charge >= 0.3 is 7.25 Å². The van der Waals surface area contributed by atoms with E-state index < -0.39 is 7.25 Å². The largest absolute Gasteiger partial charge is 0.673 e. The molecule has 0 radical (unpaired) electrons. The number of hydrogen-bond donors (Lipinski definition) is 0. The predicted octanol–water partition coefficient (Wildman–Crippen LogP) is 4.23. The zero-order valence-electron chi connectivity index (χ0n) is 15.8. The van der Waals surface area contributed by atoms with Gasteiger partial charge in [-0.25, -0.2) is 0 Å². The highest BCUT2D eigenvalue weighted by atomic mass is 19.5.